The largest absolute Gasteiger partial charge is 0.493 e. The van der Waals surface area contributed by atoms with Crippen LogP contribution in [0.1, 0.15) is 30.9 Å². The van der Waals surface area contributed by atoms with Crippen molar-refractivity contribution in [1.82, 2.24) is 14.7 Å². The first-order valence-corrected chi connectivity index (χ1v) is 15.2. The lowest BCUT2D eigenvalue weighted by Crippen LogP contribution is -2.39. The van der Waals surface area contributed by atoms with Crippen molar-refractivity contribution >= 4 is 50.1 Å². The number of thiocarbonyl (C=S) groups is 1. The molecule has 2 aliphatic rings. The van der Waals surface area contributed by atoms with E-state index >= 15 is 0 Å². The molecular weight excluding hydrogens is 527 g/mol. The molecule has 5 rings (SSSR count). The first kappa shape index (κ1) is 25.7. The van der Waals surface area contributed by atoms with Crippen LogP contribution in [0.5, 0.6) is 5.75 Å². The third kappa shape index (κ3) is 5.37. The second-order valence-electron chi connectivity index (χ2n) is 9.15. The summed E-state index contributed by atoms with van der Waals surface area (Å²) in [5.74, 6) is 0.617. The SMILES string of the molecule is CCCOc1ccc(-c2nn(-c3ccccc3)cc2/C=C2/SC(=S)N([C@H]3CCS(=O)(=O)C3)C2=O)cc1C. The van der Waals surface area contributed by atoms with E-state index in [1.165, 1.54) is 16.7 Å². The molecule has 2 fully saturated rings. The van der Waals surface area contributed by atoms with Crippen LogP contribution in [0, 0.1) is 6.92 Å². The molecule has 1 amide bonds. The van der Waals surface area contributed by atoms with Gasteiger partial charge in [0.15, 0.2) is 9.84 Å². The van der Waals surface area contributed by atoms with Crippen molar-refractivity contribution in [2.75, 3.05) is 18.1 Å². The summed E-state index contributed by atoms with van der Waals surface area (Å²) in [5.41, 5.74) is 4.29. The molecule has 192 valence electrons. The van der Waals surface area contributed by atoms with Gasteiger partial charge >= 0.3 is 0 Å². The predicted molar refractivity (Wildman–Crippen MR) is 152 cm³/mol. The molecule has 0 unspecified atom stereocenters. The number of sulfone groups is 1. The molecule has 0 bridgehead atoms. The lowest BCUT2D eigenvalue weighted by Gasteiger charge is -2.20. The molecule has 0 N–H and O–H groups in total. The molecule has 0 saturated carbocycles. The van der Waals surface area contributed by atoms with E-state index in [-0.39, 0.29) is 17.4 Å². The highest BCUT2D eigenvalue weighted by molar-refractivity contribution is 8.26. The van der Waals surface area contributed by atoms with Gasteiger partial charge in [-0.05, 0) is 61.7 Å². The average Bonchev–Trinajstić information content (AvgIpc) is 3.54. The smallest absolute Gasteiger partial charge is 0.266 e. The predicted octanol–water partition coefficient (Wildman–Crippen LogP) is 5.02. The Bertz CT molecular complexity index is 1500. The summed E-state index contributed by atoms with van der Waals surface area (Å²) >= 11 is 6.70. The minimum absolute atomic E-state index is 0.0460. The van der Waals surface area contributed by atoms with Gasteiger partial charge in [0.05, 0.1) is 34.7 Å². The first-order valence-electron chi connectivity index (χ1n) is 12.1. The fourth-order valence-corrected chi connectivity index (χ4v) is 7.61. The molecule has 0 radical (unpaired) electrons. The van der Waals surface area contributed by atoms with Crippen LogP contribution in [0.3, 0.4) is 0 Å². The average molecular weight is 554 g/mol. The number of hydrogen-bond acceptors (Lipinski definition) is 7. The molecule has 37 heavy (non-hydrogen) atoms. The normalized spacial score (nSPS) is 20.2. The van der Waals surface area contributed by atoms with Gasteiger partial charge in [-0.3, -0.25) is 9.69 Å². The van der Waals surface area contributed by atoms with Gasteiger partial charge < -0.3 is 4.74 Å². The number of amides is 1. The maximum absolute atomic E-state index is 13.4. The highest BCUT2D eigenvalue weighted by atomic mass is 32.2. The molecule has 1 atom stereocenters. The van der Waals surface area contributed by atoms with Crippen LogP contribution in [-0.2, 0) is 14.6 Å². The minimum Gasteiger partial charge on any atom is -0.493 e. The number of thioether (sulfide) groups is 1. The van der Waals surface area contributed by atoms with Crippen LogP contribution in [0.15, 0.2) is 59.6 Å². The Balaban J connectivity index is 1.53. The molecule has 0 aliphatic carbocycles. The topological polar surface area (TPSA) is 81.5 Å². The van der Waals surface area contributed by atoms with Crippen LogP contribution >= 0.6 is 24.0 Å². The minimum atomic E-state index is -3.15. The third-order valence-corrected chi connectivity index (χ3v) is 9.44. The van der Waals surface area contributed by atoms with Crippen LogP contribution in [-0.4, -0.2) is 57.5 Å². The van der Waals surface area contributed by atoms with Gasteiger partial charge in [-0.15, -0.1) is 0 Å². The zero-order valence-corrected chi connectivity index (χ0v) is 23.0. The van der Waals surface area contributed by atoms with Crippen molar-refractivity contribution < 1.29 is 17.9 Å². The van der Waals surface area contributed by atoms with Crippen LogP contribution in [0.25, 0.3) is 23.0 Å². The van der Waals surface area contributed by atoms with Crippen molar-refractivity contribution in [3.05, 3.63) is 70.8 Å². The number of carbonyl (C=O) groups excluding carboxylic acids is 1. The molecular formula is C27H27N3O4S3. The first-order chi connectivity index (χ1) is 17.8. The van der Waals surface area contributed by atoms with E-state index in [9.17, 15) is 13.2 Å². The summed E-state index contributed by atoms with van der Waals surface area (Å²) in [5, 5.41) is 4.87. The standard InChI is InChI=1S/C27H27N3O4S3/c1-3-12-34-23-10-9-19(14-18(23)2)25-20(16-29(28-25)21-7-5-4-6-8-21)15-24-26(31)30(27(35)36-24)22-11-13-37(32,33)17-22/h4-10,14-16,22H,3,11-13,17H2,1-2H3/b24-15+/t22-/m0/s1. The monoisotopic (exact) mass is 553 g/mol. The molecule has 2 aliphatic heterocycles. The molecule has 2 saturated heterocycles. The lowest BCUT2D eigenvalue weighted by atomic mass is 10.0. The van der Waals surface area contributed by atoms with Crippen molar-refractivity contribution in [2.45, 2.75) is 32.7 Å². The number of aromatic nitrogens is 2. The number of carbonyl (C=O) groups is 1. The molecule has 3 aromatic rings. The van der Waals surface area contributed by atoms with Crippen molar-refractivity contribution in [3.63, 3.8) is 0 Å². The fourth-order valence-electron chi connectivity index (χ4n) is 4.52. The van der Waals surface area contributed by atoms with Gasteiger partial charge in [0, 0.05) is 17.3 Å². The number of nitrogens with zero attached hydrogens (tertiary/aromatic N) is 3. The molecule has 3 heterocycles. The van der Waals surface area contributed by atoms with Gasteiger partial charge in [-0.1, -0.05) is 49.1 Å². The molecule has 10 heteroatoms. The summed E-state index contributed by atoms with van der Waals surface area (Å²) in [6, 6.07) is 15.3. The van der Waals surface area contributed by atoms with Crippen molar-refractivity contribution in [3.8, 4) is 22.7 Å². The molecule has 2 aromatic carbocycles. The Hall–Kier alpha value is -2.95. The van der Waals surface area contributed by atoms with Crippen LogP contribution in [0.2, 0.25) is 0 Å². The number of ether oxygens (including phenoxy) is 1. The molecule has 7 nitrogen and oxygen atoms in total. The Morgan fingerprint density at radius 3 is 2.68 bits per heavy atom. The van der Waals surface area contributed by atoms with Gasteiger partial charge in [0.1, 0.15) is 15.8 Å². The summed E-state index contributed by atoms with van der Waals surface area (Å²) < 4.78 is 32.0. The Kier molecular flexibility index (Phi) is 7.24. The maximum atomic E-state index is 13.4. The second-order valence-corrected chi connectivity index (χ2v) is 13.1. The van der Waals surface area contributed by atoms with Gasteiger partial charge in [0.2, 0.25) is 0 Å². The highest BCUT2D eigenvalue weighted by Crippen LogP contribution is 2.38. The van der Waals surface area contributed by atoms with E-state index in [1.807, 2.05) is 61.7 Å². The van der Waals surface area contributed by atoms with E-state index in [0.717, 1.165) is 40.2 Å². The molecule has 0 spiro atoms. The summed E-state index contributed by atoms with van der Waals surface area (Å²) in [7, 11) is -3.15. The zero-order chi connectivity index (χ0) is 26.2. The van der Waals surface area contributed by atoms with E-state index in [1.54, 1.807) is 10.8 Å². The van der Waals surface area contributed by atoms with E-state index < -0.39 is 15.9 Å². The zero-order valence-electron chi connectivity index (χ0n) is 20.6. The number of rotatable bonds is 7. The van der Waals surface area contributed by atoms with Gasteiger partial charge in [0.25, 0.3) is 5.91 Å². The third-order valence-electron chi connectivity index (χ3n) is 6.36. The second kappa shape index (κ2) is 10.4. The van der Waals surface area contributed by atoms with E-state index in [2.05, 4.69) is 6.92 Å². The fraction of sp³-hybridized carbons (Fsp3) is 0.296. The number of para-hydroxylation sites is 1. The summed E-state index contributed by atoms with van der Waals surface area (Å²) in [4.78, 5) is 15.3. The highest BCUT2D eigenvalue weighted by Gasteiger charge is 2.42. The summed E-state index contributed by atoms with van der Waals surface area (Å²) in [6.07, 6.45) is 5.04. The summed E-state index contributed by atoms with van der Waals surface area (Å²) in [6.45, 7) is 4.72. The Labute approximate surface area is 226 Å². The number of benzene rings is 2. The number of aryl methyl sites for hydroxylation is 1. The van der Waals surface area contributed by atoms with Crippen molar-refractivity contribution in [2.24, 2.45) is 0 Å². The maximum Gasteiger partial charge on any atom is 0.266 e. The lowest BCUT2D eigenvalue weighted by molar-refractivity contribution is -0.123. The quantitative estimate of drug-likeness (QED) is 0.300. The van der Waals surface area contributed by atoms with Crippen LogP contribution < -0.4 is 4.74 Å². The number of hydrogen-bond donors (Lipinski definition) is 0. The van der Waals surface area contributed by atoms with Gasteiger partial charge in [-0.2, -0.15) is 5.10 Å². The molecule has 1 aromatic heterocycles. The van der Waals surface area contributed by atoms with E-state index in [0.29, 0.717) is 22.3 Å². The Morgan fingerprint density at radius 2 is 2.00 bits per heavy atom. The Morgan fingerprint density at radius 1 is 1.22 bits per heavy atom. The van der Waals surface area contributed by atoms with Gasteiger partial charge in [-0.25, -0.2) is 13.1 Å². The van der Waals surface area contributed by atoms with Crippen molar-refractivity contribution in [1.29, 1.82) is 0 Å². The van der Waals surface area contributed by atoms with E-state index in [4.69, 9.17) is 22.1 Å². The van der Waals surface area contributed by atoms with Crippen LogP contribution in [0.4, 0.5) is 0 Å².